The van der Waals surface area contributed by atoms with Crippen LogP contribution in [0.1, 0.15) is 32.6 Å². The second-order valence-corrected chi connectivity index (χ2v) is 6.30. The van der Waals surface area contributed by atoms with E-state index < -0.39 is 0 Å². The molecule has 1 aromatic carbocycles. The molecule has 0 spiro atoms. The molecule has 5 nitrogen and oxygen atoms in total. The van der Waals surface area contributed by atoms with Gasteiger partial charge in [0, 0.05) is 25.1 Å². The Labute approximate surface area is 150 Å². The van der Waals surface area contributed by atoms with E-state index in [4.69, 9.17) is 0 Å². The number of benzene rings is 1. The molecule has 134 valence electrons. The normalized spacial score (nSPS) is 18.1. The van der Waals surface area contributed by atoms with Crippen LogP contribution in [0.4, 0.5) is 5.69 Å². The maximum absolute atomic E-state index is 12.0. The Morgan fingerprint density at radius 1 is 1.25 bits per heavy atom. The van der Waals surface area contributed by atoms with Gasteiger partial charge in [0.15, 0.2) is 0 Å². The summed E-state index contributed by atoms with van der Waals surface area (Å²) in [5.41, 5.74) is 0.780. The van der Waals surface area contributed by atoms with Crippen molar-refractivity contribution in [3.8, 4) is 0 Å². The summed E-state index contributed by atoms with van der Waals surface area (Å²) >= 11 is 0. The second-order valence-electron chi connectivity index (χ2n) is 6.30. The van der Waals surface area contributed by atoms with Crippen molar-refractivity contribution in [2.45, 2.75) is 32.6 Å². The number of rotatable bonds is 7. The van der Waals surface area contributed by atoms with Crippen molar-refractivity contribution in [3.05, 3.63) is 30.3 Å². The summed E-state index contributed by atoms with van der Waals surface area (Å²) in [5, 5.41) is 9.04. The minimum atomic E-state index is -0.0824. The lowest BCUT2D eigenvalue weighted by atomic mass is 9.85. The second kappa shape index (κ2) is 11.0. The number of halogens is 1. The summed E-state index contributed by atoms with van der Waals surface area (Å²) in [6, 6.07) is 9.34. The highest BCUT2D eigenvalue weighted by atomic mass is 35.5. The third kappa shape index (κ3) is 7.32. The van der Waals surface area contributed by atoms with Crippen LogP contribution in [-0.2, 0) is 9.59 Å². The third-order valence-electron chi connectivity index (χ3n) is 4.38. The average molecular weight is 354 g/mol. The molecule has 0 bridgehead atoms. The van der Waals surface area contributed by atoms with Crippen molar-refractivity contribution in [1.29, 1.82) is 0 Å². The van der Waals surface area contributed by atoms with Crippen LogP contribution in [0, 0.1) is 11.8 Å². The number of carbonyl (C=O) groups excluding carboxylic acids is 2. The molecule has 2 amide bonds. The lowest BCUT2D eigenvalue weighted by Gasteiger charge is -2.28. The average Bonchev–Trinajstić information content (AvgIpc) is 2.56. The SMILES string of the molecule is CC(CC(=O)NCCC(=O)Nc1ccccc1)C1CCCNC1.Cl. The summed E-state index contributed by atoms with van der Waals surface area (Å²) in [6.45, 7) is 4.62. The first-order valence-corrected chi connectivity index (χ1v) is 8.47. The van der Waals surface area contributed by atoms with Gasteiger partial charge < -0.3 is 16.0 Å². The molecule has 2 unspecified atom stereocenters. The van der Waals surface area contributed by atoms with Crippen LogP contribution in [0.5, 0.6) is 0 Å². The molecule has 1 heterocycles. The zero-order chi connectivity index (χ0) is 16.5. The number of anilines is 1. The highest BCUT2D eigenvalue weighted by Crippen LogP contribution is 2.22. The fourth-order valence-corrected chi connectivity index (χ4v) is 2.96. The predicted molar refractivity (Wildman–Crippen MR) is 99.3 cm³/mol. The van der Waals surface area contributed by atoms with E-state index in [1.54, 1.807) is 0 Å². The quantitative estimate of drug-likeness (QED) is 0.705. The van der Waals surface area contributed by atoms with Crippen LogP contribution in [0.2, 0.25) is 0 Å². The van der Waals surface area contributed by atoms with Gasteiger partial charge in [-0.3, -0.25) is 9.59 Å². The fraction of sp³-hybridized carbons (Fsp3) is 0.556. The molecule has 0 saturated carbocycles. The Hall–Kier alpha value is -1.59. The molecule has 3 N–H and O–H groups in total. The standard InChI is InChI=1S/C18H27N3O2.ClH/c1-14(15-6-5-10-19-13-15)12-18(23)20-11-9-17(22)21-16-7-3-2-4-8-16;/h2-4,7-8,14-15,19H,5-6,9-13H2,1H3,(H,20,23)(H,21,22);1H. The topological polar surface area (TPSA) is 70.2 Å². The molecule has 6 heteroatoms. The largest absolute Gasteiger partial charge is 0.356 e. The molecule has 1 aliphatic heterocycles. The van der Waals surface area contributed by atoms with Gasteiger partial charge in [0.1, 0.15) is 0 Å². The highest BCUT2D eigenvalue weighted by molar-refractivity contribution is 5.91. The molecule has 0 aromatic heterocycles. The monoisotopic (exact) mass is 353 g/mol. The molecular formula is C18H28ClN3O2. The van der Waals surface area contributed by atoms with E-state index in [1.807, 2.05) is 30.3 Å². The van der Waals surface area contributed by atoms with E-state index in [9.17, 15) is 9.59 Å². The number of hydrogen-bond donors (Lipinski definition) is 3. The van der Waals surface area contributed by atoms with Crippen LogP contribution < -0.4 is 16.0 Å². The van der Waals surface area contributed by atoms with Crippen molar-refractivity contribution < 1.29 is 9.59 Å². The van der Waals surface area contributed by atoms with Gasteiger partial charge >= 0.3 is 0 Å². The van der Waals surface area contributed by atoms with Gasteiger partial charge in [-0.15, -0.1) is 12.4 Å². The molecule has 2 atom stereocenters. The fourth-order valence-electron chi connectivity index (χ4n) is 2.96. The first kappa shape index (κ1) is 20.5. The summed E-state index contributed by atoms with van der Waals surface area (Å²) < 4.78 is 0. The van der Waals surface area contributed by atoms with Crippen molar-refractivity contribution in [3.63, 3.8) is 0 Å². The number of para-hydroxylation sites is 1. The molecule has 1 aromatic rings. The number of hydrogen-bond acceptors (Lipinski definition) is 3. The van der Waals surface area contributed by atoms with Gasteiger partial charge in [-0.05, 0) is 49.9 Å². The van der Waals surface area contributed by atoms with Gasteiger partial charge in [0.2, 0.25) is 11.8 Å². The predicted octanol–water partition coefficient (Wildman–Crippen LogP) is 2.58. The Bertz CT molecular complexity index is 504. The Kier molecular flexibility index (Phi) is 9.42. The summed E-state index contributed by atoms with van der Waals surface area (Å²) in [4.78, 5) is 23.8. The third-order valence-corrected chi connectivity index (χ3v) is 4.38. The van der Waals surface area contributed by atoms with E-state index >= 15 is 0 Å². The zero-order valence-electron chi connectivity index (χ0n) is 14.2. The lowest BCUT2D eigenvalue weighted by Crippen LogP contribution is -2.36. The van der Waals surface area contributed by atoms with Gasteiger partial charge in [0.25, 0.3) is 0 Å². The van der Waals surface area contributed by atoms with Gasteiger partial charge in [-0.2, -0.15) is 0 Å². The number of nitrogens with one attached hydrogen (secondary N) is 3. The number of amides is 2. The minimum Gasteiger partial charge on any atom is -0.356 e. The van der Waals surface area contributed by atoms with Crippen LogP contribution in [0.3, 0.4) is 0 Å². The van der Waals surface area contributed by atoms with E-state index in [1.165, 1.54) is 12.8 Å². The molecule has 0 radical (unpaired) electrons. The molecule has 0 aliphatic carbocycles. The zero-order valence-corrected chi connectivity index (χ0v) is 15.0. The minimum absolute atomic E-state index is 0. The van der Waals surface area contributed by atoms with E-state index in [-0.39, 0.29) is 24.2 Å². The van der Waals surface area contributed by atoms with E-state index in [0.29, 0.717) is 31.2 Å². The Morgan fingerprint density at radius 3 is 2.67 bits per heavy atom. The van der Waals surface area contributed by atoms with Crippen molar-refractivity contribution in [2.75, 3.05) is 25.0 Å². The Balaban J connectivity index is 0.00000288. The van der Waals surface area contributed by atoms with Gasteiger partial charge in [0.05, 0.1) is 0 Å². The molecule has 2 rings (SSSR count). The first-order chi connectivity index (χ1) is 11.1. The lowest BCUT2D eigenvalue weighted by molar-refractivity contribution is -0.122. The highest BCUT2D eigenvalue weighted by Gasteiger charge is 2.21. The summed E-state index contributed by atoms with van der Waals surface area (Å²) in [6.07, 6.45) is 3.21. The number of piperidine rings is 1. The maximum atomic E-state index is 12.0. The van der Waals surface area contributed by atoms with Gasteiger partial charge in [-0.25, -0.2) is 0 Å². The van der Waals surface area contributed by atoms with Crippen LogP contribution in [-0.4, -0.2) is 31.4 Å². The smallest absolute Gasteiger partial charge is 0.226 e. The molecular weight excluding hydrogens is 326 g/mol. The molecule has 1 saturated heterocycles. The first-order valence-electron chi connectivity index (χ1n) is 8.47. The molecule has 24 heavy (non-hydrogen) atoms. The van der Waals surface area contributed by atoms with Crippen molar-refractivity contribution in [2.24, 2.45) is 11.8 Å². The molecule has 1 aliphatic rings. The van der Waals surface area contributed by atoms with Crippen LogP contribution in [0.15, 0.2) is 30.3 Å². The maximum Gasteiger partial charge on any atom is 0.226 e. The molecule has 1 fully saturated rings. The summed E-state index contributed by atoms with van der Waals surface area (Å²) in [7, 11) is 0. The van der Waals surface area contributed by atoms with Gasteiger partial charge in [-0.1, -0.05) is 25.1 Å². The van der Waals surface area contributed by atoms with E-state index in [0.717, 1.165) is 18.8 Å². The van der Waals surface area contributed by atoms with E-state index in [2.05, 4.69) is 22.9 Å². The van der Waals surface area contributed by atoms with Crippen molar-refractivity contribution in [1.82, 2.24) is 10.6 Å². The number of carbonyl (C=O) groups is 2. The van der Waals surface area contributed by atoms with Crippen LogP contribution >= 0.6 is 12.4 Å². The van der Waals surface area contributed by atoms with Crippen LogP contribution in [0.25, 0.3) is 0 Å². The van der Waals surface area contributed by atoms with Crippen molar-refractivity contribution >= 4 is 29.9 Å². The Morgan fingerprint density at radius 2 is 2.00 bits per heavy atom. The summed E-state index contributed by atoms with van der Waals surface area (Å²) in [5.74, 6) is 0.911.